The molecule has 6 heteroatoms. The van der Waals surface area contributed by atoms with E-state index in [9.17, 15) is 9.59 Å². The molecule has 2 aliphatic heterocycles. The van der Waals surface area contributed by atoms with E-state index in [0.29, 0.717) is 10.7 Å². The van der Waals surface area contributed by atoms with Crippen molar-refractivity contribution in [3.63, 3.8) is 0 Å². The molecule has 150 valence electrons. The van der Waals surface area contributed by atoms with Gasteiger partial charge in [0, 0.05) is 5.02 Å². The number of halogens is 1. The predicted molar refractivity (Wildman–Crippen MR) is 115 cm³/mol. The van der Waals surface area contributed by atoms with E-state index in [-0.39, 0.29) is 11.8 Å². The van der Waals surface area contributed by atoms with Crippen LogP contribution in [-0.2, 0) is 14.4 Å². The summed E-state index contributed by atoms with van der Waals surface area (Å²) in [4.78, 5) is 34.3. The van der Waals surface area contributed by atoms with Gasteiger partial charge in [-0.25, -0.2) is 9.96 Å². The average molecular weight is 419 g/mol. The Labute approximate surface area is 179 Å². The van der Waals surface area contributed by atoms with Crippen LogP contribution in [0.2, 0.25) is 5.02 Å². The van der Waals surface area contributed by atoms with Crippen molar-refractivity contribution in [2.75, 3.05) is 9.96 Å². The van der Waals surface area contributed by atoms with Crippen molar-refractivity contribution in [1.82, 2.24) is 0 Å². The van der Waals surface area contributed by atoms with E-state index in [4.69, 9.17) is 16.4 Å². The number of carbonyl (C=O) groups is 2. The zero-order valence-electron chi connectivity index (χ0n) is 16.2. The number of hydrogen-bond donors (Lipinski definition) is 0. The maximum absolute atomic E-state index is 13.6. The van der Waals surface area contributed by atoms with E-state index in [1.165, 1.54) is 4.90 Å². The molecular formula is C24H19ClN2O3. The number of aryl methyl sites for hydroxylation is 1. The van der Waals surface area contributed by atoms with Gasteiger partial charge in [-0.05, 0) is 48.4 Å². The molecule has 0 aromatic heterocycles. The maximum Gasteiger partial charge on any atom is 0.266 e. The van der Waals surface area contributed by atoms with Gasteiger partial charge in [-0.2, -0.15) is 0 Å². The van der Waals surface area contributed by atoms with Gasteiger partial charge in [-0.3, -0.25) is 14.4 Å². The maximum atomic E-state index is 13.6. The number of para-hydroxylation sites is 2. The highest BCUT2D eigenvalue weighted by atomic mass is 35.5. The lowest BCUT2D eigenvalue weighted by atomic mass is 9.90. The molecule has 0 saturated carbocycles. The SMILES string of the molecule is Cc1ccccc1N1C(=O)[C@@H]2[C@@H](c3cccc(Cl)c3)N(c3ccccc3)O[C@H]2C1=O. The molecule has 3 atom stereocenters. The van der Waals surface area contributed by atoms with Crippen LogP contribution in [-0.4, -0.2) is 17.9 Å². The van der Waals surface area contributed by atoms with Gasteiger partial charge in [0.15, 0.2) is 6.10 Å². The Morgan fingerprint density at radius 3 is 2.33 bits per heavy atom. The molecule has 2 saturated heterocycles. The first-order valence-corrected chi connectivity index (χ1v) is 10.1. The molecule has 0 spiro atoms. The summed E-state index contributed by atoms with van der Waals surface area (Å²) in [7, 11) is 0. The van der Waals surface area contributed by atoms with Gasteiger partial charge in [0.25, 0.3) is 5.91 Å². The van der Waals surface area contributed by atoms with Crippen LogP contribution < -0.4 is 9.96 Å². The number of imide groups is 1. The summed E-state index contributed by atoms with van der Waals surface area (Å²) >= 11 is 6.25. The lowest BCUT2D eigenvalue weighted by Crippen LogP contribution is -2.37. The first-order valence-electron chi connectivity index (χ1n) is 9.76. The molecule has 3 aromatic rings. The Hall–Kier alpha value is -3.15. The Kier molecular flexibility index (Phi) is 4.57. The molecule has 0 bridgehead atoms. The zero-order chi connectivity index (χ0) is 20.8. The Bertz CT molecular complexity index is 1130. The number of amides is 2. The minimum atomic E-state index is -0.888. The number of hydrogen-bond acceptors (Lipinski definition) is 4. The summed E-state index contributed by atoms with van der Waals surface area (Å²) in [5.41, 5.74) is 3.06. The molecule has 2 amide bonds. The highest BCUT2D eigenvalue weighted by Crippen LogP contribution is 2.48. The Morgan fingerprint density at radius 2 is 1.60 bits per heavy atom. The fourth-order valence-corrected chi connectivity index (χ4v) is 4.49. The van der Waals surface area contributed by atoms with E-state index >= 15 is 0 Å². The van der Waals surface area contributed by atoms with Crippen molar-refractivity contribution in [3.8, 4) is 0 Å². The predicted octanol–water partition coefficient (Wildman–Crippen LogP) is 4.70. The van der Waals surface area contributed by atoms with Gasteiger partial charge in [0.2, 0.25) is 5.91 Å². The Morgan fingerprint density at radius 1 is 0.867 bits per heavy atom. The van der Waals surface area contributed by atoms with Crippen molar-refractivity contribution >= 4 is 34.8 Å². The number of carbonyl (C=O) groups excluding carboxylic acids is 2. The standard InChI is InChI=1S/C24H19ClN2O3/c1-15-8-5-6-13-19(15)26-23(28)20-21(16-9-7-10-17(25)14-16)27(30-22(20)24(26)29)18-11-3-2-4-12-18/h2-14,20-22H,1H3/t20-,21-,22-/m1/s1. The van der Waals surface area contributed by atoms with Crippen LogP contribution in [0.4, 0.5) is 11.4 Å². The zero-order valence-corrected chi connectivity index (χ0v) is 17.0. The molecule has 2 aliphatic rings. The summed E-state index contributed by atoms with van der Waals surface area (Å²) in [6.45, 7) is 1.88. The molecule has 0 N–H and O–H groups in total. The monoisotopic (exact) mass is 418 g/mol. The van der Waals surface area contributed by atoms with Gasteiger partial charge in [-0.15, -0.1) is 0 Å². The number of hydroxylamine groups is 1. The largest absolute Gasteiger partial charge is 0.273 e. The fourth-order valence-electron chi connectivity index (χ4n) is 4.29. The molecule has 0 unspecified atom stereocenters. The van der Waals surface area contributed by atoms with Crippen molar-refractivity contribution in [1.29, 1.82) is 0 Å². The van der Waals surface area contributed by atoms with Crippen LogP contribution in [0, 0.1) is 12.8 Å². The lowest BCUT2D eigenvalue weighted by molar-refractivity contribution is -0.126. The van der Waals surface area contributed by atoms with Crippen LogP contribution in [0.25, 0.3) is 0 Å². The third-order valence-electron chi connectivity index (χ3n) is 5.67. The summed E-state index contributed by atoms with van der Waals surface area (Å²) in [5, 5.41) is 2.24. The van der Waals surface area contributed by atoms with Crippen molar-refractivity contribution in [2.24, 2.45) is 5.92 Å². The smallest absolute Gasteiger partial charge is 0.266 e. The van der Waals surface area contributed by atoms with Gasteiger partial charge in [0.05, 0.1) is 17.4 Å². The molecule has 2 fully saturated rings. The third kappa shape index (κ3) is 2.90. The van der Waals surface area contributed by atoms with Crippen molar-refractivity contribution in [2.45, 2.75) is 19.1 Å². The minimum absolute atomic E-state index is 0.261. The van der Waals surface area contributed by atoms with Crippen LogP contribution in [0.1, 0.15) is 17.2 Å². The van der Waals surface area contributed by atoms with Crippen LogP contribution in [0.3, 0.4) is 0 Å². The van der Waals surface area contributed by atoms with Gasteiger partial charge < -0.3 is 0 Å². The van der Waals surface area contributed by atoms with E-state index < -0.39 is 18.1 Å². The summed E-state index contributed by atoms with van der Waals surface area (Å²) in [5.74, 6) is -1.27. The second-order valence-electron chi connectivity index (χ2n) is 7.51. The van der Waals surface area contributed by atoms with E-state index in [1.54, 1.807) is 17.2 Å². The van der Waals surface area contributed by atoms with Crippen LogP contribution >= 0.6 is 11.6 Å². The first kappa shape index (κ1) is 18.9. The second-order valence-corrected chi connectivity index (χ2v) is 7.95. The molecule has 3 aromatic carbocycles. The number of fused-ring (bicyclic) bond motifs is 1. The van der Waals surface area contributed by atoms with E-state index in [0.717, 1.165) is 16.8 Å². The van der Waals surface area contributed by atoms with Crippen molar-refractivity contribution < 1.29 is 14.4 Å². The number of rotatable bonds is 3. The first-order chi connectivity index (χ1) is 14.6. The molecule has 5 nitrogen and oxygen atoms in total. The minimum Gasteiger partial charge on any atom is -0.273 e. The summed E-state index contributed by atoms with van der Waals surface area (Å²) in [6, 6.07) is 23.7. The summed E-state index contributed by atoms with van der Waals surface area (Å²) < 4.78 is 0. The molecular weight excluding hydrogens is 400 g/mol. The molecule has 0 radical (unpaired) electrons. The number of nitrogens with zero attached hydrogens (tertiary/aromatic N) is 2. The van der Waals surface area contributed by atoms with Crippen LogP contribution in [0.5, 0.6) is 0 Å². The fraction of sp³-hybridized carbons (Fsp3) is 0.167. The third-order valence-corrected chi connectivity index (χ3v) is 5.91. The second kappa shape index (κ2) is 7.27. The number of anilines is 2. The molecule has 0 aliphatic carbocycles. The van der Waals surface area contributed by atoms with E-state index in [2.05, 4.69) is 0 Å². The Balaban J connectivity index is 1.61. The normalized spacial score (nSPS) is 23.2. The molecule has 30 heavy (non-hydrogen) atoms. The highest BCUT2D eigenvalue weighted by Gasteiger charge is 2.60. The lowest BCUT2D eigenvalue weighted by Gasteiger charge is -2.29. The molecule has 5 rings (SSSR count). The quantitative estimate of drug-likeness (QED) is 0.578. The average Bonchev–Trinajstić information content (AvgIpc) is 3.26. The summed E-state index contributed by atoms with van der Waals surface area (Å²) in [6.07, 6.45) is -0.888. The van der Waals surface area contributed by atoms with Gasteiger partial charge in [-0.1, -0.05) is 60.1 Å². The number of benzene rings is 3. The topological polar surface area (TPSA) is 49.9 Å². The van der Waals surface area contributed by atoms with Gasteiger partial charge in [0.1, 0.15) is 5.92 Å². The van der Waals surface area contributed by atoms with Crippen molar-refractivity contribution in [3.05, 3.63) is 95.0 Å². The molecule has 2 heterocycles. The van der Waals surface area contributed by atoms with Gasteiger partial charge >= 0.3 is 0 Å². The van der Waals surface area contributed by atoms with Crippen LogP contribution in [0.15, 0.2) is 78.9 Å². The van der Waals surface area contributed by atoms with E-state index in [1.807, 2.05) is 73.7 Å². The highest BCUT2D eigenvalue weighted by molar-refractivity contribution is 6.30.